The van der Waals surface area contributed by atoms with Gasteiger partial charge in [-0.25, -0.2) is 17.5 Å². The highest BCUT2D eigenvalue weighted by Crippen LogP contribution is 2.18. The summed E-state index contributed by atoms with van der Waals surface area (Å²) >= 11 is 0. The van der Waals surface area contributed by atoms with Crippen molar-refractivity contribution in [1.29, 1.82) is 0 Å². The fourth-order valence-electron chi connectivity index (χ4n) is 2.17. The lowest BCUT2D eigenvalue weighted by atomic mass is 10.1. The van der Waals surface area contributed by atoms with Gasteiger partial charge in [0, 0.05) is 13.1 Å². The minimum absolute atomic E-state index is 0.0716. The lowest BCUT2D eigenvalue weighted by Gasteiger charge is -2.15. The van der Waals surface area contributed by atoms with E-state index in [1.54, 1.807) is 24.3 Å². The van der Waals surface area contributed by atoms with Crippen LogP contribution in [0.3, 0.4) is 0 Å². The van der Waals surface area contributed by atoms with Crippen LogP contribution in [-0.2, 0) is 20.5 Å². The third-order valence-corrected chi connectivity index (χ3v) is 5.01. The van der Waals surface area contributed by atoms with Crippen LogP contribution in [0.25, 0.3) is 0 Å². The number of carbonyl (C=O) groups excluding carboxylic acids is 1. The zero-order chi connectivity index (χ0) is 13.9. The van der Waals surface area contributed by atoms with Crippen molar-refractivity contribution in [1.82, 2.24) is 4.31 Å². The Morgan fingerprint density at radius 2 is 2.00 bits per heavy atom. The van der Waals surface area contributed by atoms with Gasteiger partial charge in [0.25, 0.3) is 0 Å². The standard InChI is InChI=1S/C13H17NO4S/c1-18-13(15)12-6-4-5-11(9-12)10-19(16,17)14-7-2-3-8-14/h4-6,9H,2-3,7-8,10H2,1H3. The molecular formula is C13H17NO4S. The SMILES string of the molecule is COC(=O)c1cccc(CS(=O)(=O)N2CCCC2)c1. The Hall–Kier alpha value is -1.40. The lowest BCUT2D eigenvalue weighted by Crippen LogP contribution is -2.29. The van der Waals surface area contributed by atoms with Crippen LogP contribution in [0.4, 0.5) is 0 Å². The van der Waals surface area contributed by atoms with E-state index in [0.29, 0.717) is 24.2 Å². The number of methoxy groups -OCH3 is 1. The number of esters is 1. The summed E-state index contributed by atoms with van der Waals surface area (Å²) in [5.74, 6) is -0.530. The highest BCUT2D eigenvalue weighted by atomic mass is 32.2. The van der Waals surface area contributed by atoms with Crippen LogP contribution in [0.15, 0.2) is 24.3 Å². The first kappa shape index (κ1) is 14.0. The molecule has 0 amide bonds. The van der Waals surface area contributed by atoms with Gasteiger partial charge >= 0.3 is 5.97 Å². The molecule has 2 rings (SSSR count). The molecule has 0 bridgehead atoms. The average molecular weight is 283 g/mol. The first-order valence-corrected chi connectivity index (χ1v) is 7.79. The average Bonchev–Trinajstić information content (AvgIpc) is 2.92. The van der Waals surface area contributed by atoms with E-state index in [1.165, 1.54) is 11.4 Å². The van der Waals surface area contributed by atoms with Crippen molar-refractivity contribution in [2.24, 2.45) is 0 Å². The summed E-state index contributed by atoms with van der Waals surface area (Å²) in [6, 6.07) is 6.55. The van der Waals surface area contributed by atoms with Gasteiger partial charge in [-0.3, -0.25) is 0 Å². The Kier molecular flexibility index (Phi) is 4.21. The lowest BCUT2D eigenvalue weighted by molar-refractivity contribution is 0.0600. The fourth-order valence-corrected chi connectivity index (χ4v) is 3.77. The maximum atomic E-state index is 12.2. The van der Waals surface area contributed by atoms with Gasteiger partial charge < -0.3 is 4.74 Å². The fraction of sp³-hybridized carbons (Fsp3) is 0.462. The van der Waals surface area contributed by atoms with E-state index >= 15 is 0 Å². The van der Waals surface area contributed by atoms with Crippen LogP contribution >= 0.6 is 0 Å². The Balaban J connectivity index is 2.16. The molecule has 0 spiro atoms. The van der Waals surface area contributed by atoms with Crippen molar-refractivity contribution in [3.63, 3.8) is 0 Å². The molecule has 1 aromatic rings. The molecule has 5 nitrogen and oxygen atoms in total. The minimum Gasteiger partial charge on any atom is -0.465 e. The Bertz CT molecular complexity index is 562. The van der Waals surface area contributed by atoms with Crippen LogP contribution in [0.1, 0.15) is 28.8 Å². The molecule has 1 saturated heterocycles. The highest BCUT2D eigenvalue weighted by Gasteiger charge is 2.25. The van der Waals surface area contributed by atoms with Crippen molar-refractivity contribution in [3.05, 3.63) is 35.4 Å². The van der Waals surface area contributed by atoms with E-state index in [2.05, 4.69) is 4.74 Å². The van der Waals surface area contributed by atoms with E-state index in [9.17, 15) is 13.2 Å². The van der Waals surface area contributed by atoms with E-state index in [1.807, 2.05) is 0 Å². The van der Waals surface area contributed by atoms with Gasteiger partial charge in [-0.2, -0.15) is 0 Å². The molecule has 104 valence electrons. The maximum Gasteiger partial charge on any atom is 0.337 e. The summed E-state index contributed by atoms with van der Waals surface area (Å²) in [6.07, 6.45) is 1.84. The van der Waals surface area contributed by atoms with Crippen LogP contribution in [0, 0.1) is 0 Å². The largest absolute Gasteiger partial charge is 0.465 e. The van der Waals surface area contributed by atoms with Crippen LogP contribution in [0.2, 0.25) is 0 Å². The molecule has 0 N–H and O–H groups in total. The van der Waals surface area contributed by atoms with Gasteiger partial charge in [-0.05, 0) is 30.5 Å². The summed E-state index contributed by atoms with van der Waals surface area (Å²) in [7, 11) is -1.98. The first-order chi connectivity index (χ1) is 9.03. The predicted octanol–water partition coefficient (Wildman–Crippen LogP) is 1.40. The van der Waals surface area contributed by atoms with Gasteiger partial charge in [0.15, 0.2) is 0 Å². The normalized spacial score (nSPS) is 16.5. The summed E-state index contributed by atoms with van der Waals surface area (Å²) in [5, 5.41) is 0. The number of nitrogens with zero attached hydrogens (tertiary/aromatic N) is 1. The van der Waals surface area contributed by atoms with Crippen LogP contribution in [-0.4, -0.2) is 38.9 Å². The number of ether oxygens (including phenoxy) is 1. The number of hydrogen-bond acceptors (Lipinski definition) is 4. The zero-order valence-electron chi connectivity index (χ0n) is 10.8. The third-order valence-electron chi connectivity index (χ3n) is 3.16. The monoisotopic (exact) mass is 283 g/mol. The smallest absolute Gasteiger partial charge is 0.337 e. The van der Waals surface area contributed by atoms with Crippen molar-refractivity contribution < 1.29 is 17.9 Å². The summed E-state index contributed by atoms with van der Waals surface area (Å²) in [6.45, 7) is 1.19. The van der Waals surface area contributed by atoms with Crippen molar-refractivity contribution >= 4 is 16.0 Å². The second-order valence-electron chi connectivity index (χ2n) is 4.55. The number of sulfonamides is 1. The molecule has 1 aliphatic heterocycles. The second-order valence-corrected chi connectivity index (χ2v) is 6.52. The molecule has 1 heterocycles. The molecule has 6 heteroatoms. The van der Waals surface area contributed by atoms with Crippen molar-refractivity contribution in [2.75, 3.05) is 20.2 Å². The highest BCUT2D eigenvalue weighted by molar-refractivity contribution is 7.88. The van der Waals surface area contributed by atoms with Crippen molar-refractivity contribution in [3.8, 4) is 0 Å². The van der Waals surface area contributed by atoms with E-state index in [4.69, 9.17) is 0 Å². The van der Waals surface area contributed by atoms with Gasteiger partial charge in [-0.15, -0.1) is 0 Å². The number of carbonyl (C=O) groups is 1. The minimum atomic E-state index is -3.28. The van der Waals surface area contributed by atoms with E-state index < -0.39 is 16.0 Å². The first-order valence-electron chi connectivity index (χ1n) is 6.18. The zero-order valence-corrected chi connectivity index (χ0v) is 11.6. The van der Waals surface area contributed by atoms with Crippen LogP contribution < -0.4 is 0 Å². The maximum absolute atomic E-state index is 12.2. The van der Waals surface area contributed by atoms with Gasteiger partial charge in [-0.1, -0.05) is 12.1 Å². The molecule has 1 aromatic carbocycles. The summed E-state index contributed by atoms with van der Waals surface area (Å²) < 4.78 is 30.5. The molecule has 0 unspecified atom stereocenters. The number of benzene rings is 1. The molecule has 1 fully saturated rings. The van der Waals surface area contributed by atoms with Crippen LogP contribution in [0.5, 0.6) is 0 Å². The predicted molar refractivity (Wildman–Crippen MR) is 71.2 cm³/mol. The third kappa shape index (κ3) is 3.33. The molecule has 0 saturated carbocycles. The second kappa shape index (κ2) is 5.71. The van der Waals surface area contributed by atoms with E-state index in [-0.39, 0.29) is 5.75 Å². The molecule has 0 radical (unpaired) electrons. The van der Waals surface area contributed by atoms with Crippen molar-refractivity contribution in [2.45, 2.75) is 18.6 Å². The quantitative estimate of drug-likeness (QED) is 0.784. The molecule has 1 aliphatic rings. The molecule has 0 atom stereocenters. The Morgan fingerprint density at radius 1 is 1.32 bits per heavy atom. The summed E-state index contributed by atoms with van der Waals surface area (Å²) in [5.41, 5.74) is 0.978. The van der Waals surface area contributed by atoms with E-state index in [0.717, 1.165) is 12.8 Å². The Morgan fingerprint density at radius 3 is 2.63 bits per heavy atom. The van der Waals surface area contributed by atoms with Gasteiger partial charge in [0.2, 0.25) is 10.0 Å². The Labute approximate surface area is 113 Å². The summed E-state index contributed by atoms with van der Waals surface area (Å²) in [4.78, 5) is 11.4. The molecular weight excluding hydrogens is 266 g/mol. The topological polar surface area (TPSA) is 63.7 Å². The molecule has 0 aliphatic carbocycles. The van der Waals surface area contributed by atoms with Gasteiger partial charge in [0.1, 0.15) is 0 Å². The molecule has 0 aromatic heterocycles. The van der Waals surface area contributed by atoms with Gasteiger partial charge in [0.05, 0.1) is 18.4 Å². The number of rotatable bonds is 4. The number of hydrogen-bond donors (Lipinski definition) is 0. The molecule has 19 heavy (non-hydrogen) atoms.